The summed E-state index contributed by atoms with van der Waals surface area (Å²) in [5.74, 6) is -0.454. The molecule has 1 rings (SSSR count). The van der Waals surface area contributed by atoms with Crippen LogP contribution in [0.25, 0.3) is 0 Å². The van der Waals surface area contributed by atoms with Gasteiger partial charge in [0.25, 0.3) is 0 Å². The zero-order chi connectivity index (χ0) is 15.4. The van der Waals surface area contributed by atoms with Crippen LogP contribution in [-0.2, 0) is 14.8 Å². The lowest BCUT2D eigenvalue weighted by molar-refractivity contribution is -0.137. The minimum absolute atomic E-state index is 0.0561. The fraction of sp³-hybridized carbons (Fsp3) is 0.929. The lowest BCUT2D eigenvalue weighted by atomic mass is 9.77. The first-order valence-electron chi connectivity index (χ1n) is 7.32. The van der Waals surface area contributed by atoms with E-state index in [4.69, 9.17) is 5.11 Å². The Morgan fingerprint density at radius 2 is 1.90 bits per heavy atom. The molecule has 20 heavy (non-hydrogen) atoms. The van der Waals surface area contributed by atoms with Gasteiger partial charge in [0, 0.05) is 19.5 Å². The zero-order valence-electron chi connectivity index (χ0n) is 12.8. The molecule has 0 radical (unpaired) electrons. The molecule has 6 heteroatoms. The van der Waals surface area contributed by atoms with Crippen molar-refractivity contribution in [2.24, 2.45) is 11.3 Å². The van der Waals surface area contributed by atoms with Crippen molar-refractivity contribution in [3.05, 3.63) is 0 Å². The average Bonchev–Trinajstić information content (AvgIpc) is 2.52. The largest absolute Gasteiger partial charge is 0.481 e. The number of hydrogen-bond donors (Lipinski definition) is 1. The molecular weight excluding hydrogens is 278 g/mol. The summed E-state index contributed by atoms with van der Waals surface area (Å²) in [7, 11) is -3.30. The van der Waals surface area contributed by atoms with Gasteiger partial charge in [-0.15, -0.1) is 0 Å². The van der Waals surface area contributed by atoms with Crippen LogP contribution < -0.4 is 0 Å². The van der Waals surface area contributed by atoms with E-state index in [1.165, 1.54) is 0 Å². The molecule has 1 fully saturated rings. The van der Waals surface area contributed by atoms with Gasteiger partial charge in [-0.3, -0.25) is 4.79 Å². The van der Waals surface area contributed by atoms with Crippen molar-refractivity contribution in [1.82, 2.24) is 4.31 Å². The summed E-state index contributed by atoms with van der Waals surface area (Å²) < 4.78 is 26.0. The molecule has 1 unspecified atom stereocenters. The minimum Gasteiger partial charge on any atom is -0.481 e. The molecule has 1 saturated heterocycles. The van der Waals surface area contributed by atoms with Crippen LogP contribution in [-0.4, -0.2) is 42.6 Å². The maximum Gasteiger partial charge on any atom is 0.303 e. The molecule has 0 bridgehead atoms. The predicted molar refractivity (Wildman–Crippen MR) is 79.0 cm³/mol. The monoisotopic (exact) mass is 305 g/mol. The lowest BCUT2D eigenvalue weighted by Gasteiger charge is -2.29. The summed E-state index contributed by atoms with van der Waals surface area (Å²) in [5.41, 5.74) is 0.211. The highest BCUT2D eigenvalue weighted by Gasteiger charge is 2.30. The molecule has 0 amide bonds. The van der Waals surface area contributed by atoms with Crippen molar-refractivity contribution in [2.45, 2.75) is 52.9 Å². The molecule has 1 aliphatic rings. The highest BCUT2D eigenvalue weighted by molar-refractivity contribution is 7.89. The molecule has 118 valence electrons. The number of aliphatic carboxylic acids is 1. The smallest absolute Gasteiger partial charge is 0.303 e. The SMILES string of the molecule is CC(C)(C)C1CCCN(S(=O)(=O)CCCC(=O)O)CC1. The van der Waals surface area contributed by atoms with Crippen LogP contribution in [0.4, 0.5) is 0 Å². The molecule has 5 nitrogen and oxygen atoms in total. The van der Waals surface area contributed by atoms with Gasteiger partial charge in [-0.25, -0.2) is 12.7 Å². The van der Waals surface area contributed by atoms with Gasteiger partial charge in [-0.1, -0.05) is 20.8 Å². The standard InChI is InChI=1S/C14H27NO4S/c1-14(2,3)12-6-4-9-15(10-8-12)20(18,19)11-5-7-13(16)17/h12H,4-11H2,1-3H3,(H,16,17). The van der Waals surface area contributed by atoms with Crippen LogP contribution in [0.3, 0.4) is 0 Å². The number of rotatable bonds is 5. The highest BCUT2D eigenvalue weighted by atomic mass is 32.2. The van der Waals surface area contributed by atoms with Crippen LogP contribution in [0.5, 0.6) is 0 Å². The summed E-state index contributed by atoms with van der Waals surface area (Å²) in [6.45, 7) is 7.75. The molecule has 0 spiro atoms. The number of carbonyl (C=O) groups is 1. The quantitative estimate of drug-likeness (QED) is 0.846. The zero-order valence-corrected chi connectivity index (χ0v) is 13.6. The van der Waals surface area contributed by atoms with Gasteiger partial charge in [0.2, 0.25) is 10.0 Å². The van der Waals surface area contributed by atoms with Gasteiger partial charge in [-0.2, -0.15) is 0 Å². The Labute approximate surface area is 122 Å². The Morgan fingerprint density at radius 3 is 2.45 bits per heavy atom. The third kappa shape index (κ3) is 5.40. The summed E-state index contributed by atoms with van der Waals surface area (Å²) in [4.78, 5) is 10.5. The molecule has 0 aromatic rings. The van der Waals surface area contributed by atoms with Gasteiger partial charge in [0.1, 0.15) is 0 Å². The second-order valence-electron chi connectivity index (χ2n) is 6.71. The summed E-state index contributed by atoms with van der Waals surface area (Å²) >= 11 is 0. The lowest BCUT2D eigenvalue weighted by Crippen LogP contribution is -2.34. The van der Waals surface area contributed by atoms with Gasteiger partial charge in [-0.05, 0) is 37.0 Å². The summed E-state index contributed by atoms with van der Waals surface area (Å²) in [6.07, 6.45) is 2.95. The van der Waals surface area contributed by atoms with E-state index in [9.17, 15) is 13.2 Å². The van der Waals surface area contributed by atoms with Gasteiger partial charge in [0.05, 0.1) is 5.75 Å². The number of hydrogen-bond acceptors (Lipinski definition) is 3. The Hall–Kier alpha value is -0.620. The van der Waals surface area contributed by atoms with Crippen LogP contribution in [0.2, 0.25) is 0 Å². The first kappa shape index (κ1) is 17.4. The summed E-state index contributed by atoms with van der Waals surface area (Å²) in [5, 5.41) is 8.58. The van der Waals surface area contributed by atoms with E-state index in [2.05, 4.69) is 20.8 Å². The van der Waals surface area contributed by atoms with E-state index in [1.54, 1.807) is 4.31 Å². The van der Waals surface area contributed by atoms with Gasteiger partial charge < -0.3 is 5.11 Å². The van der Waals surface area contributed by atoms with E-state index in [1.807, 2.05) is 0 Å². The average molecular weight is 305 g/mol. The molecular formula is C14H27NO4S. The number of sulfonamides is 1. The van der Waals surface area contributed by atoms with Crippen LogP contribution >= 0.6 is 0 Å². The first-order valence-corrected chi connectivity index (χ1v) is 8.93. The number of nitrogens with zero attached hydrogens (tertiary/aromatic N) is 1. The first-order chi connectivity index (χ1) is 9.13. The topological polar surface area (TPSA) is 74.7 Å². The van der Waals surface area contributed by atoms with Crippen molar-refractivity contribution in [1.29, 1.82) is 0 Å². The molecule has 1 atom stereocenters. The van der Waals surface area contributed by atoms with E-state index in [0.29, 0.717) is 19.0 Å². The van der Waals surface area contributed by atoms with E-state index < -0.39 is 16.0 Å². The van der Waals surface area contributed by atoms with Crippen molar-refractivity contribution in [3.8, 4) is 0 Å². The molecule has 0 aromatic heterocycles. The van der Waals surface area contributed by atoms with Crippen molar-refractivity contribution in [3.63, 3.8) is 0 Å². The molecule has 1 N–H and O–H groups in total. The second kappa shape index (κ2) is 6.89. The van der Waals surface area contributed by atoms with Crippen molar-refractivity contribution < 1.29 is 18.3 Å². The minimum atomic E-state index is -3.30. The maximum absolute atomic E-state index is 12.2. The third-order valence-corrected chi connectivity index (χ3v) is 6.05. The van der Waals surface area contributed by atoms with E-state index in [-0.39, 0.29) is 24.0 Å². The molecule has 1 aliphatic heterocycles. The maximum atomic E-state index is 12.2. The Kier molecular flexibility index (Phi) is 6.01. The Bertz CT molecular complexity index is 425. The highest BCUT2D eigenvalue weighted by Crippen LogP contribution is 2.34. The fourth-order valence-corrected chi connectivity index (χ4v) is 4.31. The predicted octanol–water partition coefficient (Wildman–Crippen LogP) is 2.33. The van der Waals surface area contributed by atoms with Crippen LogP contribution in [0.15, 0.2) is 0 Å². The Balaban J connectivity index is 2.57. The molecule has 0 saturated carbocycles. The van der Waals surface area contributed by atoms with E-state index >= 15 is 0 Å². The van der Waals surface area contributed by atoms with Crippen molar-refractivity contribution in [2.75, 3.05) is 18.8 Å². The summed E-state index contributed by atoms with van der Waals surface area (Å²) in [6, 6.07) is 0. The van der Waals surface area contributed by atoms with E-state index in [0.717, 1.165) is 19.3 Å². The molecule has 0 aliphatic carbocycles. The molecule has 0 aromatic carbocycles. The second-order valence-corrected chi connectivity index (χ2v) is 8.79. The van der Waals surface area contributed by atoms with Crippen LogP contribution in [0.1, 0.15) is 52.9 Å². The molecule has 1 heterocycles. The number of carboxylic acids is 1. The van der Waals surface area contributed by atoms with Crippen LogP contribution in [0, 0.1) is 11.3 Å². The number of carboxylic acid groups (broad SMARTS) is 1. The third-order valence-electron chi connectivity index (χ3n) is 4.10. The normalized spacial score (nSPS) is 22.4. The van der Waals surface area contributed by atoms with Gasteiger partial charge in [0.15, 0.2) is 0 Å². The Morgan fingerprint density at radius 1 is 1.25 bits per heavy atom. The fourth-order valence-electron chi connectivity index (χ4n) is 2.75. The van der Waals surface area contributed by atoms with Gasteiger partial charge >= 0.3 is 5.97 Å². The van der Waals surface area contributed by atoms with Crippen molar-refractivity contribution >= 4 is 16.0 Å².